The first-order valence-corrected chi connectivity index (χ1v) is 18.7. The molecule has 54 heavy (non-hydrogen) atoms. The molecule has 0 aliphatic carbocycles. The Balaban J connectivity index is 1.30. The molecule has 0 amide bonds. The second-order valence-corrected chi connectivity index (χ2v) is 15.0. The Kier molecular flexibility index (Phi) is 8.44. The number of fused-ring (bicyclic) bond motifs is 3. The molecule has 0 atom stereocenters. The van der Waals surface area contributed by atoms with Crippen molar-refractivity contribution in [1.82, 2.24) is 0 Å². The molecule has 9 aromatic rings. The van der Waals surface area contributed by atoms with Gasteiger partial charge < -0.3 is 9.32 Å². The summed E-state index contributed by atoms with van der Waals surface area (Å²) in [5.74, 6) is 0. The maximum absolute atomic E-state index is 6.41. The van der Waals surface area contributed by atoms with Crippen LogP contribution in [0.4, 0.5) is 17.1 Å². The smallest absolute Gasteiger partial charge is 0.136 e. The molecule has 0 radical (unpaired) electrons. The quantitative estimate of drug-likeness (QED) is 0.165. The third-order valence-electron chi connectivity index (χ3n) is 10.4. The molecule has 1 aromatic heterocycles. The molecule has 0 saturated carbocycles. The summed E-state index contributed by atoms with van der Waals surface area (Å²) in [7, 11) is 0. The fraction of sp³-hybridized carbons (Fsp3) is 0.0769. The molecule has 0 unspecified atom stereocenters. The molecule has 260 valence electrons. The number of hydrogen-bond acceptors (Lipinski definition) is 2. The lowest BCUT2D eigenvalue weighted by Crippen LogP contribution is -2.20. The molecule has 0 saturated heterocycles. The molecular formula is C52H41NO. The molecule has 0 aliphatic heterocycles. The van der Waals surface area contributed by atoms with E-state index in [0.29, 0.717) is 0 Å². The van der Waals surface area contributed by atoms with Gasteiger partial charge in [-0.2, -0.15) is 0 Å². The van der Waals surface area contributed by atoms with E-state index in [0.717, 1.165) is 61.3 Å². The maximum Gasteiger partial charge on any atom is 0.136 e. The third-order valence-corrected chi connectivity index (χ3v) is 10.4. The van der Waals surface area contributed by atoms with Crippen molar-refractivity contribution < 1.29 is 4.42 Å². The minimum Gasteiger partial charge on any atom is -0.456 e. The number of rotatable bonds is 7. The monoisotopic (exact) mass is 695 g/mol. The van der Waals surface area contributed by atoms with Crippen molar-refractivity contribution in [3.63, 3.8) is 0 Å². The Labute approximate surface area is 317 Å². The molecule has 0 bridgehead atoms. The van der Waals surface area contributed by atoms with Crippen molar-refractivity contribution in [3.8, 4) is 44.5 Å². The number of hydrogen-bond donors (Lipinski definition) is 0. The van der Waals surface area contributed by atoms with Crippen LogP contribution in [-0.2, 0) is 5.41 Å². The predicted molar refractivity (Wildman–Crippen MR) is 229 cm³/mol. The fourth-order valence-electron chi connectivity index (χ4n) is 7.75. The second-order valence-electron chi connectivity index (χ2n) is 15.0. The van der Waals surface area contributed by atoms with E-state index >= 15 is 0 Å². The van der Waals surface area contributed by atoms with Crippen LogP contribution in [0.25, 0.3) is 66.4 Å². The van der Waals surface area contributed by atoms with Crippen LogP contribution >= 0.6 is 0 Å². The van der Waals surface area contributed by atoms with Gasteiger partial charge in [0.2, 0.25) is 0 Å². The summed E-state index contributed by atoms with van der Waals surface area (Å²) in [4.78, 5) is 2.47. The normalized spacial score (nSPS) is 11.6. The van der Waals surface area contributed by atoms with Crippen molar-refractivity contribution >= 4 is 39.0 Å². The molecule has 2 heteroatoms. The summed E-state index contributed by atoms with van der Waals surface area (Å²) < 4.78 is 6.41. The minimum atomic E-state index is -0.154. The van der Waals surface area contributed by atoms with E-state index in [1.165, 1.54) is 27.8 Å². The average molecular weight is 696 g/mol. The van der Waals surface area contributed by atoms with Gasteiger partial charge in [-0.05, 0) is 98.5 Å². The maximum atomic E-state index is 6.41. The summed E-state index contributed by atoms with van der Waals surface area (Å²) in [5, 5.41) is 2.26. The van der Waals surface area contributed by atoms with Crippen LogP contribution in [0.15, 0.2) is 199 Å². The Morgan fingerprint density at radius 1 is 0.389 bits per heavy atom. The number of furan rings is 1. The summed E-state index contributed by atoms with van der Waals surface area (Å²) >= 11 is 0. The topological polar surface area (TPSA) is 16.4 Å². The summed E-state index contributed by atoms with van der Waals surface area (Å²) in [6.45, 7) is 6.94. The lowest BCUT2D eigenvalue weighted by atomic mass is 9.83. The van der Waals surface area contributed by atoms with Gasteiger partial charge in [0.25, 0.3) is 0 Å². The standard InChI is InChI=1S/C52H41NO/c1-52(2,3)46-34-40(37-18-9-5-10-19-37)29-33-47(46)53(42-30-26-38(27-31-42)36-16-7-4-8-17-36)48-24-15-23-43(51(48)39-20-11-6-12-21-39)41-28-32-45-44-22-13-14-25-49(44)54-50(45)35-41/h4-35H,1-3H3. The molecule has 0 aliphatic rings. The van der Waals surface area contributed by atoms with Crippen LogP contribution in [0.5, 0.6) is 0 Å². The first-order valence-electron chi connectivity index (χ1n) is 18.7. The summed E-state index contributed by atoms with van der Waals surface area (Å²) in [6.07, 6.45) is 0. The van der Waals surface area contributed by atoms with Crippen LogP contribution in [-0.4, -0.2) is 0 Å². The highest BCUT2D eigenvalue weighted by molar-refractivity contribution is 6.07. The molecule has 1 heterocycles. The Morgan fingerprint density at radius 2 is 0.944 bits per heavy atom. The SMILES string of the molecule is CC(C)(C)c1cc(-c2ccccc2)ccc1N(c1ccc(-c2ccccc2)cc1)c1cccc(-c2ccc3c(c2)oc2ccccc23)c1-c1ccccc1. The van der Waals surface area contributed by atoms with Crippen molar-refractivity contribution in [2.24, 2.45) is 0 Å². The molecule has 0 N–H and O–H groups in total. The van der Waals surface area contributed by atoms with Gasteiger partial charge in [0.15, 0.2) is 0 Å². The van der Waals surface area contributed by atoms with Crippen molar-refractivity contribution in [2.75, 3.05) is 4.90 Å². The van der Waals surface area contributed by atoms with Crippen molar-refractivity contribution in [3.05, 3.63) is 200 Å². The third kappa shape index (κ3) is 6.16. The van der Waals surface area contributed by atoms with E-state index < -0.39 is 0 Å². The van der Waals surface area contributed by atoms with Gasteiger partial charge in [-0.25, -0.2) is 0 Å². The largest absolute Gasteiger partial charge is 0.456 e. The first kappa shape index (κ1) is 33.2. The Bertz CT molecular complexity index is 2720. The van der Waals surface area contributed by atoms with Crippen LogP contribution in [0.2, 0.25) is 0 Å². The van der Waals surface area contributed by atoms with Gasteiger partial charge in [0.05, 0.1) is 5.69 Å². The van der Waals surface area contributed by atoms with Crippen LogP contribution in [0, 0.1) is 0 Å². The van der Waals surface area contributed by atoms with E-state index in [-0.39, 0.29) is 5.41 Å². The highest BCUT2D eigenvalue weighted by Crippen LogP contribution is 2.49. The summed E-state index contributed by atoms with van der Waals surface area (Å²) in [6, 6.07) is 69.7. The predicted octanol–water partition coefficient (Wildman–Crippen LogP) is 15.0. The van der Waals surface area contributed by atoms with Gasteiger partial charge >= 0.3 is 0 Å². The van der Waals surface area contributed by atoms with Crippen molar-refractivity contribution in [2.45, 2.75) is 26.2 Å². The summed E-state index contributed by atoms with van der Waals surface area (Å²) in [5.41, 5.74) is 15.6. The molecule has 0 spiro atoms. The Hall–Kier alpha value is -6.64. The minimum absolute atomic E-state index is 0.154. The zero-order chi connectivity index (χ0) is 36.6. The molecule has 9 rings (SSSR count). The average Bonchev–Trinajstić information content (AvgIpc) is 3.60. The Morgan fingerprint density at radius 3 is 1.63 bits per heavy atom. The van der Waals surface area contributed by atoms with Crippen molar-refractivity contribution in [1.29, 1.82) is 0 Å². The van der Waals surface area contributed by atoms with E-state index in [1.54, 1.807) is 0 Å². The zero-order valence-electron chi connectivity index (χ0n) is 30.8. The number of nitrogens with zero attached hydrogens (tertiary/aromatic N) is 1. The number of para-hydroxylation sites is 1. The highest BCUT2D eigenvalue weighted by atomic mass is 16.3. The van der Waals surface area contributed by atoms with Crippen LogP contribution in [0.3, 0.4) is 0 Å². The number of benzene rings is 8. The van der Waals surface area contributed by atoms with Gasteiger partial charge in [-0.1, -0.05) is 166 Å². The lowest BCUT2D eigenvalue weighted by molar-refractivity contribution is 0.591. The van der Waals surface area contributed by atoms with Crippen LogP contribution in [0.1, 0.15) is 26.3 Å². The van der Waals surface area contributed by atoms with Gasteiger partial charge in [0, 0.05) is 27.7 Å². The van der Waals surface area contributed by atoms with Gasteiger partial charge in [0.1, 0.15) is 11.2 Å². The molecule has 0 fully saturated rings. The van der Waals surface area contributed by atoms with Crippen LogP contribution < -0.4 is 4.90 Å². The number of anilines is 3. The van der Waals surface area contributed by atoms with Gasteiger partial charge in [-0.15, -0.1) is 0 Å². The molecule has 8 aromatic carbocycles. The zero-order valence-corrected chi connectivity index (χ0v) is 30.8. The van der Waals surface area contributed by atoms with E-state index in [2.05, 4.69) is 208 Å². The highest BCUT2D eigenvalue weighted by Gasteiger charge is 2.27. The van der Waals surface area contributed by atoms with E-state index in [9.17, 15) is 0 Å². The van der Waals surface area contributed by atoms with E-state index in [1.807, 2.05) is 12.1 Å². The molecular weight excluding hydrogens is 655 g/mol. The van der Waals surface area contributed by atoms with E-state index in [4.69, 9.17) is 4.42 Å². The van der Waals surface area contributed by atoms with Gasteiger partial charge in [-0.3, -0.25) is 0 Å². The second kappa shape index (κ2) is 13.7. The lowest BCUT2D eigenvalue weighted by Gasteiger charge is -2.34. The first-order chi connectivity index (χ1) is 26.4. The fourth-order valence-corrected chi connectivity index (χ4v) is 7.75. The molecule has 2 nitrogen and oxygen atoms in total.